The standard InChI is InChI=1S/C21H34O2/c1-13(22)17-11-18-15-6-5-14-12-19(2,23)9-10-20(14,3)16(15)7-8-21(17,18)4/h14-18,23H,5-12H2,1-4H3/t14-,15-,16+,17+,18+,19-,20+,21-/m1/s1. The van der Waals surface area contributed by atoms with Gasteiger partial charge in [0, 0.05) is 5.92 Å². The molecule has 2 nitrogen and oxygen atoms in total. The Kier molecular flexibility index (Phi) is 3.39. The number of ketones is 1. The van der Waals surface area contributed by atoms with Crippen LogP contribution in [-0.4, -0.2) is 16.5 Å². The van der Waals surface area contributed by atoms with Crippen molar-refractivity contribution in [2.24, 2.45) is 40.4 Å². The summed E-state index contributed by atoms with van der Waals surface area (Å²) in [5.41, 5.74) is 0.306. The zero-order chi connectivity index (χ0) is 16.6. The maximum Gasteiger partial charge on any atom is 0.133 e. The molecule has 0 aromatic heterocycles. The minimum Gasteiger partial charge on any atom is -0.390 e. The van der Waals surface area contributed by atoms with Gasteiger partial charge in [-0.05, 0) is 99.7 Å². The highest BCUT2D eigenvalue weighted by atomic mass is 16.3. The van der Waals surface area contributed by atoms with E-state index in [1.807, 2.05) is 6.92 Å². The predicted molar refractivity (Wildman–Crippen MR) is 91.9 cm³/mol. The molecule has 0 radical (unpaired) electrons. The highest BCUT2D eigenvalue weighted by Crippen LogP contribution is 2.70. The zero-order valence-corrected chi connectivity index (χ0v) is 15.4. The molecule has 130 valence electrons. The lowest BCUT2D eigenvalue weighted by Crippen LogP contribution is -2.62. The van der Waals surface area contributed by atoms with Crippen LogP contribution in [0.15, 0.2) is 0 Å². The van der Waals surface area contributed by atoms with Crippen molar-refractivity contribution in [3.8, 4) is 0 Å². The summed E-state index contributed by atoms with van der Waals surface area (Å²) in [5, 5.41) is 10.5. The van der Waals surface area contributed by atoms with Crippen LogP contribution in [0.4, 0.5) is 0 Å². The first-order valence-electron chi connectivity index (χ1n) is 9.90. The van der Waals surface area contributed by atoms with Crippen LogP contribution in [0.3, 0.4) is 0 Å². The summed E-state index contributed by atoms with van der Waals surface area (Å²) in [7, 11) is 0. The summed E-state index contributed by atoms with van der Waals surface area (Å²) in [6, 6.07) is 0. The van der Waals surface area contributed by atoms with Gasteiger partial charge >= 0.3 is 0 Å². The number of rotatable bonds is 1. The van der Waals surface area contributed by atoms with Crippen molar-refractivity contribution in [1.82, 2.24) is 0 Å². The number of fused-ring (bicyclic) bond motifs is 5. The van der Waals surface area contributed by atoms with Crippen LogP contribution in [0.2, 0.25) is 0 Å². The molecule has 4 aliphatic carbocycles. The summed E-state index contributed by atoms with van der Waals surface area (Å²) in [5.74, 6) is 3.94. The van der Waals surface area contributed by atoms with Gasteiger partial charge in [-0.1, -0.05) is 13.8 Å². The van der Waals surface area contributed by atoms with Crippen LogP contribution in [0.1, 0.15) is 79.1 Å². The van der Waals surface area contributed by atoms with Crippen LogP contribution in [0.5, 0.6) is 0 Å². The van der Waals surface area contributed by atoms with Gasteiger partial charge in [0.1, 0.15) is 5.78 Å². The molecule has 0 heterocycles. The zero-order valence-electron chi connectivity index (χ0n) is 15.4. The highest BCUT2D eigenvalue weighted by Gasteiger charge is 2.64. The van der Waals surface area contributed by atoms with Crippen molar-refractivity contribution >= 4 is 5.78 Å². The Morgan fingerprint density at radius 2 is 1.70 bits per heavy atom. The molecule has 4 rings (SSSR count). The van der Waals surface area contributed by atoms with E-state index in [1.54, 1.807) is 6.92 Å². The fourth-order valence-corrected chi connectivity index (χ4v) is 7.65. The Balaban J connectivity index is 1.58. The SMILES string of the molecule is CC(=O)[C@@H]1C[C@H]2[C@@H]3CC[C@@H]4C[C@](C)(O)CC[C@]4(C)[C@H]3CC[C@]12C. The quantitative estimate of drug-likeness (QED) is 0.767. The molecule has 23 heavy (non-hydrogen) atoms. The van der Waals surface area contributed by atoms with Gasteiger partial charge in [-0.25, -0.2) is 0 Å². The molecule has 0 bridgehead atoms. The van der Waals surface area contributed by atoms with E-state index >= 15 is 0 Å². The van der Waals surface area contributed by atoms with Crippen LogP contribution in [-0.2, 0) is 4.79 Å². The van der Waals surface area contributed by atoms with Crippen LogP contribution >= 0.6 is 0 Å². The Hall–Kier alpha value is -0.370. The lowest BCUT2D eigenvalue weighted by atomic mass is 9.37. The second-order valence-corrected chi connectivity index (χ2v) is 10.3. The lowest BCUT2D eigenvalue weighted by Gasteiger charge is -2.67. The normalized spacial score (nSPS) is 58.4. The fourth-order valence-electron chi connectivity index (χ4n) is 7.65. The molecule has 1 N–H and O–H groups in total. The van der Waals surface area contributed by atoms with Crippen LogP contribution in [0.25, 0.3) is 0 Å². The Morgan fingerprint density at radius 1 is 0.957 bits per heavy atom. The molecule has 0 saturated heterocycles. The molecular formula is C21H34O2. The third-order valence-corrected chi connectivity index (χ3v) is 9.17. The van der Waals surface area contributed by atoms with Gasteiger partial charge in [0.25, 0.3) is 0 Å². The molecule has 4 saturated carbocycles. The van der Waals surface area contributed by atoms with Crippen molar-refractivity contribution in [1.29, 1.82) is 0 Å². The summed E-state index contributed by atoms with van der Waals surface area (Å²) in [4.78, 5) is 12.0. The summed E-state index contributed by atoms with van der Waals surface area (Å²) < 4.78 is 0. The van der Waals surface area contributed by atoms with Crippen molar-refractivity contribution < 1.29 is 9.90 Å². The summed E-state index contributed by atoms with van der Waals surface area (Å²) in [6.07, 6.45) is 9.54. The molecular weight excluding hydrogens is 284 g/mol. The topological polar surface area (TPSA) is 37.3 Å². The third-order valence-electron chi connectivity index (χ3n) is 9.17. The van der Waals surface area contributed by atoms with Crippen molar-refractivity contribution in [3.63, 3.8) is 0 Å². The van der Waals surface area contributed by atoms with E-state index in [2.05, 4.69) is 13.8 Å². The summed E-state index contributed by atoms with van der Waals surface area (Å²) >= 11 is 0. The first kappa shape index (κ1) is 16.1. The Bertz CT molecular complexity index is 524. The number of aliphatic hydroxyl groups is 1. The molecule has 0 aromatic rings. The molecule has 0 amide bonds. The van der Waals surface area contributed by atoms with Gasteiger partial charge in [0.15, 0.2) is 0 Å². The van der Waals surface area contributed by atoms with Crippen molar-refractivity contribution in [3.05, 3.63) is 0 Å². The van der Waals surface area contributed by atoms with Gasteiger partial charge in [-0.2, -0.15) is 0 Å². The average molecular weight is 319 g/mol. The number of carbonyl (C=O) groups excluding carboxylic acids is 1. The van der Waals surface area contributed by atoms with Crippen molar-refractivity contribution in [2.45, 2.75) is 84.7 Å². The van der Waals surface area contributed by atoms with E-state index in [-0.39, 0.29) is 0 Å². The van der Waals surface area contributed by atoms with E-state index in [0.29, 0.717) is 28.4 Å². The fraction of sp³-hybridized carbons (Fsp3) is 0.952. The van der Waals surface area contributed by atoms with Crippen molar-refractivity contribution in [2.75, 3.05) is 0 Å². The van der Waals surface area contributed by atoms with Gasteiger partial charge in [-0.3, -0.25) is 4.79 Å². The Morgan fingerprint density at radius 3 is 2.39 bits per heavy atom. The van der Waals surface area contributed by atoms with E-state index < -0.39 is 5.60 Å². The predicted octanol–water partition coefficient (Wildman–Crippen LogP) is 4.60. The maximum absolute atomic E-state index is 12.0. The monoisotopic (exact) mass is 318 g/mol. The molecule has 0 aromatic carbocycles. The minimum atomic E-state index is -0.434. The Labute approximate surface area is 141 Å². The molecule has 0 aliphatic heterocycles. The molecule has 0 spiro atoms. The molecule has 4 aliphatic rings. The second-order valence-electron chi connectivity index (χ2n) is 10.3. The second kappa shape index (κ2) is 4.84. The molecule has 8 atom stereocenters. The van der Waals surface area contributed by atoms with Crippen LogP contribution < -0.4 is 0 Å². The first-order chi connectivity index (χ1) is 10.7. The van der Waals surface area contributed by atoms with E-state index in [0.717, 1.165) is 37.0 Å². The van der Waals surface area contributed by atoms with Gasteiger partial charge in [0.2, 0.25) is 0 Å². The lowest BCUT2D eigenvalue weighted by molar-refractivity contribution is -0.195. The average Bonchev–Trinajstić information content (AvgIpc) is 2.44. The van der Waals surface area contributed by atoms with Gasteiger partial charge in [0.05, 0.1) is 5.60 Å². The number of Topliss-reactive ketones (excluding diaryl/α,β-unsaturated/α-hetero) is 1. The van der Waals surface area contributed by atoms with E-state index in [9.17, 15) is 9.90 Å². The van der Waals surface area contributed by atoms with Gasteiger partial charge in [-0.15, -0.1) is 0 Å². The largest absolute Gasteiger partial charge is 0.390 e. The summed E-state index contributed by atoms with van der Waals surface area (Å²) in [6.45, 7) is 8.79. The molecule has 2 heteroatoms. The van der Waals surface area contributed by atoms with E-state index in [1.165, 1.54) is 32.1 Å². The molecule has 0 unspecified atom stereocenters. The van der Waals surface area contributed by atoms with Crippen LogP contribution in [0, 0.1) is 40.4 Å². The number of hydrogen-bond acceptors (Lipinski definition) is 2. The smallest absolute Gasteiger partial charge is 0.133 e. The number of carbonyl (C=O) groups is 1. The first-order valence-corrected chi connectivity index (χ1v) is 9.90. The minimum absolute atomic E-state index is 0.302. The maximum atomic E-state index is 12.0. The highest BCUT2D eigenvalue weighted by molar-refractivity contribution is 5.80. The van der Waals surface area contributed by atoms with Gasteiger partial charge < -0.3 is 5.11 Å². The molecule has 4 fully saturated rings. The third kappa shape index (κ3) is 2.12. The number of hydrogen-bond donors (Lipinski definition) is 1. The van der Waals surface area contributed by atoms with E-state index in [4.69, 9.17) is 0 Å².